The minimum atomic E-state index is -4.39. The van der Waals surface area contributed by atoms with Gasteiger partial charge in [-0.05, 0) is 38.8 Å². The minimum Gasteiger partial charge on any atom is -0.375 e. The summed E-state index contributed by atoms with van der Waals surface area (Å²) in [6.07, 6.45) is -2.92. The number of halogens is 3. The first-order chi connectivity index (χ1) is 9.69. The standard InChI is InChI=1S/C14H20F3N3O/c1-13(2)8-10(4-5-21-13)19-12-7-9(14(15,16)17)6-11(18-3)20-12/h6-7,10H,4-5,8H2,1-3H3,(H2,18,19,20). The number of nitrogens with one attached hydrogen (secondary N) is 2. The summed E-state index contributed by atoms with van der Waals surface area (Å²) in [6, 6.07) is 2.09. The SMILES string of the molecule is CNc1cc(C(F)(F)F)cc(NC2CCOC(C)(C)C2)n1. The predicted molar refractivity (Wildman–Crippen MR) is 75.5 cm³/mol. The lowest BCUT2D eigenvalue weighted by Gasteiger charge is -2.36. The molecule has 0 spiro atoms. The number of pyridine rings is 1. The first-order valence-electron chi connectivity index (χ1n) is 6.87. The molecule has 2 N–H and O–H groups in total. The van der Waals surface area contributed by atoms with E-state index in [4.69, 9.17) is 4.74 Å². The summed E-state index contributed by atoms with van der Waals surface area (Å²) in [5, 5.41) is 5.75. The lowest BCUT2D eigenvalue weighted by Crippen LogP contribution is -2.40. The summed E-state index contributed by atoms with van der Waals surface area (Å²) in [7, 11) is 1.55. The molecule has 1 fully saturated rings. The topological polar surface area (TPSA) is 46.2 Å². The Morgan fingerprint density at radius 3 is 2.52 bits per heavy atom. The molecule has 1 aliphatic rings. The zero-order valence-electron chi connectivity index (χ0n) is 12.3. The molecule has 4 nitrogen and oxygen atoms in total. The van der Waals surface area contributed by atoms with Crippen molar-refractivity contribution in [3.05, 3.63) is 17.7 Å². The molecule has 2 heterocycles. The Balaban J connectivity index is 2.19. The van der Waals surface area contributed by atoms with Crippen molar-refractivity contribution in [2.45, 2.75) is 44.5 Å². The van der Waals surface area contributed by atoms with E-state index >= 15 is 0 Å². The highest BCUT2D eigenvalue weighted by atomic mass is 19.4. The van der Waals surface area contributed by atoms with Gasteiger partial charge in [0.2, 0.25) is 0 Å². The van der Waals surface area contributed by atoms with Crippen molar-refractivity contribution in [2.24, 2.45) is 0 Å². The summed E-state index contributed by atoms with van der Waals surface area (Å²) >= 11 is 0. The third-order valence-corrected chi connectivity index (χ3v) is 3.46. The molecule has 2 rings (SSSR count). The van der Waals surface area contributed by atoms with E-state index < -0.39 is 11.7 Å². The van der Waals surface area contributed by atoms with Gasteiger partial charge in [0, 0.05) is 19.7 Å². The molecule has 1 saturated heterocycles. The van der Waals surface area contributed by atoms with Gasteiger partial charge in [0.15, 0.2) is 0 Å². The van der Waals surface area contributed by atoms with E-state index in [0.717, 1.165) is 25.0 Å². The first-order valence-corrected chi connectivity index (χ1v) is 6.87. The molecule has 0 aromatic carbocycles. The molecule has 21 heavy (non-hydrogen) atoms. The van der Waals surface area contributed by atoms with Crippen LogP contribution in [-0.2, 0) is 10.9 Å². The summed E-state index contributed by atoms with van der Waals surface area (Å²) in [4.78, 5) is 4.14. The molecule has 0 bridgehead atoms. The maximum absolute atomic E-state index is 12.9. The molecule has 1 aliphatic heterocycles. The third-order valence-electron chi connectivity index (χ3n) is 3.46. The minimum absolute atomic E-state index is 0.0504. The highest BCUT2D eigenvalue weighted by Crippen LogP contribution is 2.33. The number of anilines is 2. The zero-order chi connectivity index (χ0) is 15.7. The Bertz CT molecular complexity index is 503. The van der Waals surface area contributed by atoms with Gasteiger partial charge in [-0.3, -0.25) is 0 Å². The van der Waals surface area contributed by atoms with Crippen LogP contribution in [0.5, 0.6) is 0 Å². The van der Waals surface area contributed by atoms with Gasteiger partial charge in [-0.1, -0.05) is 0 Å². The second-order valence-electron chi connectivity index (χ2n) is 5.82. The molecular formula is C14H20F3N3O. The zero-order valence-corrected chi connectivity index (χ0v) is 12.3. The second-order valence-corrected chi connectivity index (χ2v) is 5.82. The van der Waals surface area contributed by atoms with E-state index in [1.165, 1.54) is 0 Å². The van der Waals surface area contributed by atoms with Gasteiger partial charge in [0.1, 0.15) is 11.6 Å². The summed E-state index contributed by atoms with van der Waals surface area (Å²) < 4.78 is 44.3. The van der Waals surface area contributed by atoms with Crippen LogP contribution in [0, 0.1) is 0 Å². The Morgan fingerprint density at radius 1 is 1.29 bits per heavy atom. The van der Waals surface area contributed by atoms with Crippen LogP contribution in [0.15, 0.2) is 12.1 Å². The first kappa shape index (κ1) is 15.9. The average Bonchev–Trinajstić information content (AvgIpc) is 2.36. The number of hydrogen-bond donors (Lipinski definition) is 2. The van der Waals surface area contributed by atoms with Crippen molar-refractivity contribution >= 4 is 11.6 Å². The number of hydrogen-bond acceptors (Lipinski definition) is 4. The Hall–Kier alpha value is -1.50. The van der Waals surface area contributed by atoms with E-state index in [-0.39, 0.29) is 23.3 Å². The second kappa shape index (κ2) is 5.71. The van der Waals surface area contributed by atoms with E-state index in [0.29, 0.717) is 6.61 Å². The lowest BCUT2D eigenvalue weighted by atomic mass is 9.94. The lowest BCUT2D eigenvalue weighted by molar-refractivity contribution is -0.137. The Morgan fingerprint density at radius 2 is 1.95 bits per heavy atom. The molecule has 0 amide bonds. The quantitative estimate of drug-likeness (QED) is 0.897. The van der Waals surface area contributed by atoms with Crippen LogP contribution >= 0.6 is 0 Å². The van der Waals surface area contributed by atoms with Gasteiger partial charge >= 0.3 is 6.18 Å². The van der Waals surface area contributed by atoms with Gasteiger partial charge in [0.05, 0.1) is 11.2 Å². The molecular weight excluding hydrogens is 283 g/mol. The highest BCUT2D eigenvalue weighted by molar-refractivity contribution is 5.50. The molecule has 1 aromatic heterocycles. The number of nitrogens with zero attached hydrogens (tertiary/aromatic N) is 1. The molecule has 1 aromatic rings. The largest absolute Gasteiger partial charge is 0.416 e. The number of aromatic nitrogens is 1. The van der Waals surface area contributed by atoms with Crippen molar-refractivity contribution in [3.8, 4) is 0 Å². The fourth-order valence-electron chi connectivity index (χ4n) is 2.46. The Kier molecular flexibility index (Phi) is 4.32. The van der Waals surface area contributed by atoms with E-state index in [2.05, 4.69) is 15.6 Å². The van der Waals surface area contributed by atoms with Crippen molar-refractivity contribution in [1.82, 2.24) is 4.98 Å². The number of rotatable bonds is 3. The Labute approximate surface area is 122 Å². The van der Waals surface area contributed by atoms with Crippen LogP contribution in [0.3, 0.4) is 0 Å². The third kappa shape index (κ3) is 4.23. The van der Waals surface area contributed by atoms with Crippen LogP contribution in [0.4, 0.5) is 24.8 Å². The molecule has 0 aliphatic carbocycles. The molecule has 0 saturated carbocycles. The van der Waals surface area contributed by atoms with E-state index in [1.54, 1.807) is 7.05 Å². The van der Waals surface area contributed by atoms with Crippen molar-refractivity contribution in [1.29, 1.82) is 0 Å². The molecule has 1 atom stereocenters. The summed E-state index contributed by atoms with van der Waals surface area (Å²) in [6.45, 7) is 4.53. The van der Waals surface area contributed by atoms with Gasteiger partial charge in [-0.15, -0.1) is 0 Å². The number of ether oxygens (including phenoxy) is 1. The van der Waals surface area contributed by atoms with E-state index in [9.17, 15) is 13.2 Å². The van der Waals surface area contributed by atoms with Crippen molar-refractivity contribution in [2.75, 3.05) is 24.3 Å². The van der Waals surface area contributed by atoms with Gasteiger partial charge in [-0.25, -0.2) is 4.98 Å². The summed E-state index contributed by atoms with van der Waals surface area (Å²) in [5.41, 5.74) is -0.987. The monoisotopic (exact) mass is 303 g/mol. The van der Waals surface area contributed by atoms with Gasteiger partial charge in [0.25, 0.3) is 0 Å². The molecule has 7 heteroatoms. The molecule has 118 valence electrons. The maximum Gasteiger partial charge on any atom is 0.416 e. The fraction of sp³-hybridized carbons (Fsp3) is 0.643. The van der Waals surface area contributed by atoms with Crippen molar-refractivity contribution in [3.63, 3.8) is 0 Å². The van der Waals surface area contributed by atoms with Crippen LogP contribution in [0.25, 0.3) is 0 Å². The average molecular weight is 303 g/mol. The van der Waals surface area contributed by atoms with Crippen LogP contribution in [0.1, 0.15) is 32.3 Å². The molecule has 1 unspecified atom stereocenters. The smallest absolute Gasteiger partial charge is 0.375 e. The normalized spacial score (nSPS) is 21.9. The van der Waals surface area contributed by atoms with Crippen LogP contribution < -0.4 is 10.6 Å². The predicted octanol–water partition coefficient (Wildman–Crippen LogP) is 3.51. The van der Waals surface area contributed by atoms with Crippen LogP contribution in [-0.4, -0.2) is 30.3 Å². The number of alkyl halides is 3. The maximum atomic E-state index is 12.9. The van der Waals surface area contributed by atoms with Gasteiger partial charge in [-0.2, -0.15) is 13.2 Å². The highest BCUT2D eigenvalue weighted by Gasteiger charge is 2.33. The molecule has 0 radical (unpaired) electrons. The fourth-order valence-corrected chi connectivity index (χ4v) is 2.46. The van der Waals surface area contributed by atoms with E-state index in [1.807, 2.05) is 13.8 Å². The van der Waals surface area contributed by atoms with Gasteiger partial charge < -0.3 is 15.4 Å². The van der Waals surface area contributed by atoms with Crippen LogP contribution in [0.2, 0.25) is 0 Å². The van der Waals surface area contributed by atoms with Crippen molar-refractivity contribution < 1.29 is 17.9 Å². The summed E-state index contributed by atoms with van der Waals surface area (Å²) in [5.74, 6) is 0.426.